The van der Waals surface area contributed by atoms with Gasteiger partial charge >= 0.3 is 0 Å². The molecule has 0 spiro atoms. The standard InChI is InChI=1S/C18H13ClN4O2/c1-25-16-8-11(19)5-6-12(16)17-15(24)10-23-18(22-17)13(9-21-23)14-4-2-3-7-20-14/h2-9H,10H2,1H3. The van der Waals surface area contributed by atoms with E-state index in [9.17, 15) is 4.79 Å². The van der Waals surface area contributed by atoms with Gasteiger partial charge < -0.3 is 4.74 Å². The molecule has 2 aromatic heterocycles. The summed E-state index contributed by atoms with van der Waals surface area (Å²) in [4.78, 5) is 21.5. The fourth-order valence-corrected chi connectivity index (χ4v) is 2.93. The predicted molar refractivity (Wildman–Crippen MR) is 94.7 cm³/mol. The summed E-state index contributed by atoms with van der Waals surface area (Å²) in [6, 6.07) is 10.7. The van der Waals surface area contributed by atoms with E-state index in [4.69, 9.17) is 16.3 Å². The van der Waals surface area contributed by atoms with E-state index >= 15 is 0 Å². The lowest BCUT2D eigenvalue weighted by Crippen LogP contribution is -2.26. The van der Waals surface area contributed by atoms with Crippen LogP contribution < -0.4 is 4.74 Å². The zero-order valence-corrected chi connectivity index (χ0v) is 14.1. The SMILES string of the molecule is COc1cc(Cl)ccc1C1=Nc2c(-c3ccccn3)cnn2CC1=O. The first kappa shape index (κ1) is 15.5. The van der Waals surface area contributed by atoms with Gasteiger partial charge in [0.1, 0.15) is 18.0 Å². The quantitative estimate of drug-likeness (QED) is 0.725. The van der Waals surface area contributed by atoms with Crippen LogP contribution in [0.1, 0.15) is 5.56 Å². The average Bonchev–Trinajstić information content (AvgIpc) is 3.04. The molecule has 0 amide bonds. The van der Waals surface area contributed by atoms with Crippen molar-refractivity contribution in [1.29, 1.82) is 0 Å². The highest BCUT2D eigenvalue weighted by Crippen LogP contribution is 2.33. The molecule has 0 radical (unpaired) electrons. The number of aromatic nitrogens is 3. The average molecular weight is 353 g/mol. The van der Waals surface area contributed by atoms with E-state index in [0.717, 1.165) is 11.3 Å². The number of carbonyl (C=O) groups excluding carboxylic acids is 1. The number of rotatable bonds is 3. The number of halogens is 1. The molecule has 3 heterocycles. The van der Waals surface area contributed by atoms with Crippen LogP contribution in [0.5, 0.6) is 5.75 Å². The van der Waals surface area contributed by atoms with Gasteiger partial charge in [0.25, 0.3) is 0 Å². The number of Topliss-reactive ketones (excluding diaryl/α,β-unsaturated/α-hetero) is 1. The van der Waals surface area contributed by atoms with Crippen LogP contribution in [0, 0.1) is 0 Å². The minimum Gasteiger partial charge on any atom is -0.496 e. The molecule has 6 nitrogen and oxygen atoms in total. The molecule has 0 aliphatic carbocycles. The van der Waals surface area contributed by atoms with Crippen LogP contribution in [0.4, 0.5) is 5.82 Å². The molecule has 0 atom stereocenters. The fraction of sp³-hybridized carbons (Fsp3) is 0.111. The number of methoxy groups -OCH3 is 1. The Bertz CT molecular complexity index is 996. The predicted octanol–water partition coefficient (Wildman–Crippen LogP) is 3.31. The van der Waals surface area contributed by atoms with Gasteiger partial charge in [0.15, 0.2) is 5.82 Å². The van der Waals surface area contributed by atoms with Crippen molar-refractivity contribution in [2.24, 2.45) is 4.99 Å². The van der Waals surface area contributed by atoms with E-state index in [0.29, 0.717) is 27.9 Å². The summed E-state index contributed by atoms with van der Waals surface area (Å²) in [7, 11) is 1.53. The Kier molecular flexibility index (Phi) is 3.82. The highest BCUT2D eigenvalue weighted by Gasteiger charge is 2.27. The number of ketones is 1. The minimum absolute atomic E-state index is 0.118. The number of benzene rings is 1. The second-order valence-electron chi connectivity index (χ2n) is 5.48. The summed E-state index contributed by atoms with van der Waals surface area (Å²) in [5.74, 6) is 0.973. The lowest BCUT2D eigenvalue weighted by atomic mass is 10.0. The molecule has 1 aliphatic heterocycles. The normalized spacial score (nSPS) is 13.4. The van der Waals surface area contributed by atoms with Crippen molar-refractivity contribution in [1.82, 2.24) is 14.8 Å². The topological polar surface area (TPSA) is 69.4 Å². The first-order valence-corrected chi connectivity index (χ1v) is 7.98. The molecule has 0 N–H and O–H groups in total. The summed E-state index contributed by atoms with van der Waals surface area (Å²) < 4.78 is 6.94. The van der Waals surface area contributed by atoms with Crippen LogP contribution in [-0.4, -0.2) is 33.4 Å². The molecule has 0 saturated carbocycles. The summed E-state index contributed by atoms with van der Waals surface area (Å²) in [6.07, 6.45) is 3.39. The molecule has 0 saturated heterocycles. The van der Waals surface area contributed by atoms with Crippen LogP contribution in [0.3, 0.4) is 0 Å². The van der Waals surface area contributed by atoms with Crippen molar-refractivity contribution < 1.29 is 9.53 Å². The van der Waals surface area contributed by atoms with Gasteiger partial charge in [0.2, 0.25) is 5.78 Å². The first-order valence-electron chi connectivity index (χ1n) is 7.60. The molecule has 3 aromatic rings. The van der Waals surface area contributed by atoms with Crippen LogP contribution in [0.15, 0.2) is 53.8 Å². The Morgan fingerprint density at radius 3 is 2.84 bits per heavy atom. The van der Waals surface area contributed by atoms with Crippen molar-refractivity contribution in [2.45, 2.75) is 6.54 Å². The fourth-order valence-electron chi connectivity index (χ4n) is 2.77. The highest BCUT2D eigenvalue weighted by atomic mass is 35.5. The van der Waals surface area contributed by atoms with E-state index < -0.39 is 0 Å². The van der Waals surface area contributed by atoms with Gasteiger partial charge in [-0.05, 0) is 30.3 Å². The molecule has 124 valence electrons. The number of carbonyl (C=O) groups is 1. The van der Waals surface area contributed by atoms with Gasteiger partial charge in [-0.2, -0.15) is 5.10 Å². The monoisotopic (exact) mass is 352 g/mol. The molecule has 0 unspecified atom stereocenters. The largest absolute Gasteiger partial charge is 0.496 e. The number of fused-ring (bicyclic) bond motifs is 1. The summed E-state index contributed by atoms with van der Waals surface area (Å²) >= 11 is 6.01. The van der Waals surface area contributed by atoms with Crippen molar-refractivity contribution in [3.8, 4) is 17.0 Å². The Hall–Kier alpha value is -2.99. The third-order valence-electron chi connectivity index (χ3n) is 3.95. The van der Waals surface area contributed by atoms with Gasteiger partial charge in [-0.1, -0.05) is 17.7 Å². The highest BCUT2D eigenvalue weighted by molar-refractivity contribution is 6.47. The Balaban J connectivity index is 1.87. The maximum atomic E-state index is 12.6. The van der Waals surface area contributed by atoms with E-state index in [2.05, 4.69) is 15.1 Å². The summed E-state index contributed by atoms with van der Waals surface area (Å²) in [5.41, 5.74) is 2.47. The molecule has 1 aromatic carbocycles. The Morgan fingerprint density at radius 1 is 1.20 bits per heavy atom. The third-order valence-corrected chi connectivity index (χ3v) is 4.18. The number of aliphatic imine (C=N–C) groups is 1. The van der Waals surface area contributed by atoms with Gasteiger partial charge in [-0.15, -0.1) is 0 Å². The van der Waals surface area contributed by atoms with Crippen molar-refractivity contribution in [3.05, 3.63) is 59.4 Å². The molecule has 4 rings (SSSR count). The minimum atomic E-state index is -0.135. The van der Waals surface area contributed by atoms with E-state index in [1.807, 2.05) is 18.2 Å². The number of nitrogens with zero attached hydrogens (tertiary/aromatic N) is 4. The number of hydrogen-bond donors (Lipinski definition) is 0. The molecule has 7 heteroatoms. The molecular formula is C18H13ClN4O2. The maximum absolute atomic E-state index is 12.6. The van der Waals surface area contributed by atoms with Gasteiger partial charge in [0, 0.05) is 16.8 Å². The second kappa shape index (κ2) is 6.14. The van der Waals surface area contributed by atoms with Crippen LogP contribution in [-0.2, 0) is 11.3 Å². The van der Waals surface area contributed by atoms with Crippen LogP contribution in [0.2, 0.25) is 5.02 Å². The second-order valence-corrected chi connectivity index (χ2v) is 5.92. The number of pyridine rings is 1. The summed E-state index contributed by atoms with van der Waals surface area (Å²) in [5, 5.41) is 4.80. The molecule has 25 heavy (non-hydrogen) atoms. The van der Waals surface area contributed by atoms with Gasteiger partial charge in [-0.25, -0.2) is 9.67 Å². The lowest BCUT2D eigenvalue weighted by molar-refractivity contribution is -0.113. The number of ether oxygens (including phenoxy) is 1. The summed E-state index contributed by atoms with van der Waals surface area (Å²) in [6.45, 7) is 0.118. The maximum Gasteiger partial charge on any atom is 0.203 e. The molecule has 0 fully saturated rings. The van der Waals surface area contributed by atoms with Crippen molar-refractivity contribution in [3.63, 3.8) is 0 Å². The lowest BCUT2D eigenvalue weighted by Gasteiger charge is -2.16. The van der Waals surface area contributed by atoms with Gasteiger partial charge in [0.05, 0.1) is 24.6 Å². The van der Waals surface area contributed by atoms with Crippen molar-refractivity contribution in [2.75, 3.05) is 7.11 Å². The van der Waals surface area contributed by atoms with E-state index in [1.165, 1.54) is 7.11 Å². The third kappa shape index (κ3) is 2.70. The van der Waals surface area contributed by atoms with Crippen molar-refractivity contribution >= 4 is 28.9 Å². The Morgan fingerprint density at radius 2 is 2.08 bits per heavy atom. The van der Waals surface area contributed by atoms with E-state index in [-0.39, 0.29) is 12.3 Å². The smallest absolute Gasteiger partial charge is 0.203 e. The molecular weight excluding hydrogens is 340 g/mol. The molecule has 0 bridgehead atoms. The van der Waals surface area contributed by atoms with E-state index in [1.54, 1.807) is 35.3 Å². The zero-order valence-electron chi connectivity index (χ0n) is 13.3. The molecule has 1 aliphatic rings. The number of hydrogen-bond acceptors (Lipinski definition) is 5. The zero-order chi connectivity index (χ0) is 17.4. The van der Waals surface area contributed by atoms with Crippen LogP contribution >= 0.6 is 11.6 Å². The Labute approximate surface area is 148 Å². The first-order chi connectivity index (χ1) is 12.2. The van der Waals surface area contributed by atoms with Crippen LogP contribution in [0.25, 0.3) is 11.3 Å². The van der Waals surface area contributed by atoms with Gasteiger partial charge in [-0.3, -0.25) is 9.78 Å².